The van der Waals surface area contributed by atoms with Gasteiger partial charge in [0.1, 0.15) is 6.61 Å². The smallest absolute Gasteiger partial charge is 0.462 e. The number of hydrogen-bond donors (Lipinski definition) is 2. The van der Waals surface area contributed by atoms with Crippen molar-refractivity contribution >= 4 is 19.8 Å². The molecule has 1 atom stereocenters. The second-order valence-corrected chi connectivity index (χ2v) is 15.2. The Morgan fingerprint density at radius 1 is 0.529 bits per heavy atom. The predicted molar refractivity (Wildman–Crippen MR) is 211 cm³/mol. The van der Waals surface area contributed by atoms with Crippen molar-refractivity contribution in [2.45, 2.75) is 206 Å². The number of allylic oxidation sites excluding steroid dienone is 6. The highest BCUT2D eigenvalue weighted by Gasteiger charge is 2.22. The van der Waals surface area contributed by atoms with Crippen LogP contribution in [0.2, 0.25) is 0 Å². The van der Waals surface area contributed by atoms with Crippen molar-refractivity contribution in [3.05, 3.63) is 36.5 Å². The highest BCUT2D eigenvalue weighted by atomic mass is 31.2. The highest BCUT2D eigenvalue weighted by Crippen LogP contribution is 2.36. The Kier molecular flexibility index (Phi) is 36.7. The largest absolute Gasteiger partial charge is 0.469 e. The Bertz CT molecular complexity index is 926. The van der Waals surface area contributed by atoms with Crippen LogP contribution in [0.1, 0.15) is 200 Å². The van der Waals surface area contributed by atoms with E-state index in [0.29, 0.717) is 6.42 Å². The van der Waals surface area contributed by atoms with Gasteiger partial charge >= 0.3 is 19.8 Å². The molecule has 0 aliphatic carbocycles. The Morgan fingerprint density at radius 3 is 1.41 bits per heavy atom. The molecule has 0 aliphatic heterocycles. The molecular weight excluding hydrogens is 663 g/mol. The highest BCUT2D eigenvalue weighted by molar-refractivity contribution is 7.46. The van der Waals surface area contributed by atoms with Crippen molar-refractivity contribution in [1.29, 1.82) is 0 Å². The number of carbonyl (C=O) groups is 2. The Balaban J connectivity index is 3.91. The zero-order chi connectivity index (χ0) is 37.5. The first-order valence-electron chi connectivity index (χ1n) is 20.8. The van der Waals surface area contributed by atoms with Crippen molar-refractivity contribution in [2.75, 3.05) is 13.2 Å². The summed E-state index contributed by atoms with van der Waals surface area (Å²) in [6, 6.07) is 0. The lowest BCUT2D eigenvalue weighted by Crippen LogP contribution is -2.29. The molecule has 0 radical (unpaired) electrons. The number of carbonyl (C=O) groups excluding carboxylic acids is 2. The molecule has 0 saturated heterocycles. The molecule has 0 rings (SSSR count). The van der Waals surface area contributed by atoms with Gasteiger partial charge in [0.15, 0.2) is 6.10 Å². The SMILES string of the molecule is CC/C=C\C/C=C\C/C=C\CCCCCCCC(=O)OC(COC(=O)CCCCCCCCCCCCCCCCCCCC)COP(=O)(O)O. The number of rotatable bonds is 38. The van der Waals surface area contributed by atoms with Crippen molar-refractivity contribution in [3.8, 4) is 0 Å². The minimum Gasteiger partial charge on any atom is -0.462 e. The monoisotopic (exact) mass is 741 g/mol. The molecule has 8 nitrogen and oxygen atoms in total. The molecule has 0 aliphatic rings. The van der Waals surface area contributed by atoms with E-state index >= 15 is 0 Å². The van der Waals surface area contributed by atoms with Gasteiger partial charge in [0.2, 0.25) is 0 Å². The van der Waals surface area contributed by atoms with Gasteiger partial charge in [0.05, 0.1) is 6.61 Å². The molecule has 0 heterocycles. The van der Waals surface area contributed by atoms with E-state index < -0.39 is 32.5 Å². The van der Waals surface area contributed by atoms with Gasteiger partial charge in [-0.05, 0) is 44.9 Å². The van der Waals surface area contributed by atoms with Crippen LogP contribution in [-0.2, 0) is 28.2 Å². The van der Waals surface area contributed by atoms with E-state index in [0.717, 1.165) is 70.6 Å². The van der Waals surface area contributed by atoms with E-state index in [1.807, 2.05) is 0 Å². The van der Waals surface area contributed by atoms with Crippen molar-refractivity contribution in [1.82, 2.24) is 0 Å². The second kappa shape index (κ2) is 38.0. The average Bonchev–Trinajstić information content (AvgIpc) is 3.10. The quantitative estimate of drug-likeness (QED) is 0.0278. The van der Waals surface area contributed by atoms with Gasteiger partial charge in [-0.15, -0.1) is 0 Å². The summed E-state index contributed by atoms with van der Waals surface area (Å²) in [5.41, 5.74) is 0. The summed E-state index contributed by atoms with van der Waals surface area (Å²) in [6.45, 7) is 3.57. The zero-order valence-electron chi connectivity index (χ0n) is 32.8. The van der Waals surface area contributed by atoms with E-state index in [4.69, 9.17) is 19.3 Å². The van der Waals surface area contributed by atoms with Gasteiger partial charge in [-0.3, -0.25) is 14.1 Å². The lowest BCUT2D eigenvalue weighted by molar-refractivity contribution is -0.161. The summed E-state index contributed by atoms with van der Waals surface area (Å²) in [7, 11) is -4.76. The molecule has 0 bridgehead atoms. The summed E-state index contributed by atoms with van der Waals surface area (Å²) in [5, 5.41) is 0. The van der Waals surface area contributed by atoms with E-state index in [1.165, 1.54) is 96.3 Å². The van der Waals surface area contributed by atoms with Crippen LogP contribution in [-0.4, -0.2) is 41.0 Å². The van der Waals surface area contributed by atoms with Crippen LogP contribution in [0.25, 0.3) is 0 Å². The maximum Gasteiger partial charge on any atom is 0.469 e. The Labute approximate surface area is 312 Å². The molecule has 0 aromatic rings. The molecule has 2 N–H and O–H groups in total. The number of unbranched alkanes of at least 4 members (excludes halogenated alkanes) is 22. The molecule has 1 unspecified atom stereocenters. The van der Waals surface area contributed by atoms with Gasteiger partial charge in [-0.2, -0.15) is 0 Å². The number of hydrogen-bond acceptors (Lipinski definition) is 6. The normalized spacial score (nSPS) is 12.8. The van der Waals surface area contributed by atoms with E-state index in [1.54, 1.807) is 0 Å². The van der Waals surface area contributed by atoms with Crippen LogP contribution < -0.4 is 0 Å². The van der Waals surface area contributed by atoms with Gasteiger partial charge in [0.25, 0.3) is 0 Å². The summed E-state index contributed by atoms with van der Waals surface area (Å²) in [4.78, 5) is 42.8. The summed E-state index contributed by atoms with van der Waals surface area (Å²) < 4.78 is 26.4. The van der Waals surface area contributed by atoms with Crippen LogP contribution in [0.3, 0.4) is 0 Å². The third-order valence-corrected chi connectivity index (χ3v) is 9.41. The van der Waals surface area contributed by atoms with E-state index in [2.05, 4.69) is 54.8 Å². The summed E-state index contributed by atoms with van der Waals surface area (Å²) in [6.07, 6.45) is 44.4. The van der Waals surface area contributed by atoms with Crippen LogP contribution in [0.15, 0.2) is 36.5 Å². The molecule has 0 spiro atoms. The third-order valence-electron chi connectivity index (χ3n) is 8.92. The molecule has 0 saturated carbocycles. The second-order valence-electron chi connectivity index (χ2n) is 13.9. The topological polar surface area (TPSA) is 119 Å². The third kappa shape index (κ3) is 40.9. The van der Waals surface area contributed by atoms with Crippen LogP contribution in [0.4, 0.5) is 0 Å². The first kappa shape index (κ1) is 49.3. The molecular formula is C42H77O8P. The summed E-state index contributed by atoms with van der Waals surface area (Å²) >= 11 is 0. The van der Waals surface area contributed by atoms with Crippen molar-refractivity contribution in [3.63, 3.8) is 0 Å². The average molecular weight is 741 g/mol. The molecule has 0 fully saturated rings. The minimum absolute atomic E-state index is 0.194. The lowest BCUT2D eigenvalue weighted by Gasteiger charge is -2.18. The Morgan fingerprint density at radius 2 is 0.941 bits per heavy atom. The molecule has 0 amide bonds. The van der Waals surface area contributed by atoms with Crippen LogP contribution in [0, 0.1) is 0 Å². The fraction of sp³-hybridized carbons (Fsp3) is 0.810. The van der Waals surface area contributed by atoms with Crippen molar-refractivity contribution in [2.24, 2.45) is 0 Å². The van der Waals surface area contributed by atoms with E-state index in [-0.39, 0.29) is 19.4 Å². The first-order chi connectivity index (χ1) is 24.8. The molecule has 0 aromatic heterocycles. The maximum atomic E-state index is 12.4. The van der Waals surface area contributed by atoms with Crippen LogP contribution >= 0.6 is 7.82 Å². The number of ether oxygens (including phenoxy) is 2. The first-order valence-corrected chi connectivity index (χ1v) is 22.3. The van der Waals surface area contributed by atoms with Gasteiger partial charge in [-0.1, -0.05) is 179 Å². The number of esters is 2. The Hall–Kier alpha value is -1.73. The maximum absolute atomic E-state index is 12.4. The number of phosphoric acid groups is 1. The molecule has 0 aromatic carbocycles. The zero-order valence-corrected chi connectivity index (χ0v) is 33.6. The molecule has 9 heteroatoms. The van der Waals surface area contributed by atoms with Gasteiger partial charge < -0.3 is 19.3 Å². The minimum atomic E-state index is -4.76. The molecule has 51 heavy (non-hydrogen) atoms. The number of phosphoric ester groups is 1. The van der Waals surface area contributed by atoms with Gasteiger partial charge in [-0.25, -0.2) is 4.57 Å². The fourth-order valence-electron chi connectivity index (χ4n) is 5.86. The van der Waals surface area contributed by atoms with Crippen molar-refractivity contribution < 1.29 is 37.9 Å². The summed E-state index contributed by atoms with van der Waals surface area (Å²) in [5.74, 6) is -0.898. The molecule has 298 valence electrons. The lowest BCUT2D eigenvalue weighted by atomic mass is 10.0. The fourth-order valence-corrected chi connectivity index (χ4v) is 6.22. The van der Waals surface area contributed by atoms with Crippen LogP contribution in [0.5, 0.6) is 0 Å². The van der Waals surface area contributed by atoms with E-state index in [9.17, 15) is 14.2 Å². The standard InChI is InChI=1S/C42H77O8P/c1-3-5-7-9-11-13-15-17-19-20-21-23-24-26-28-30-32-34-36-41(43)48-38-40(39-49-51(45,46)47)50-42(44)37-35-33-31-29-27-25-22-18-16-14-12-10-8-6-4-2/h6,8,12,14,18,22,40H,3-5,7,9-11,13,15-17,19-21,23-39H2,1-2H3,(H2,45,46,47)/b8-6-,14-12-,22-18-. The van der Waals surface area contributed by atoms with Gasteiger partial charge in [0, 0.05) is 12.8 Å². The predicted octanol–water partition coefficient (Wildman–Crippen LogP) is 12.6.